The molecule has 6 rings (SSSR count). The number of ether oxygens (including phenoxy) is 1. The number of carbonyl (C=O) groups is 1. The summed E-state index contributed by atoms with van der Waals surface area (Å²) < 4.78 is 45.7. The Kier molecular flexibility index (Phi) is 5.24. The summed E-state index contributed by atoms with van der Waals surface area (Å²) in [5.41, 5.74) is -0.398. The van der Waals surface area contributed by atoms with Crippen LogP contribution in [0.4, 0.5) is 13.2 Å². The first kappa shape index (κ1) is 24.3. The molecule has 37 heavy (non-hydrogen) atoms. The van der Waals surface area contributed by atoms with Crippen LogP contribution in [-0.2, 0) is 22.8 Å². The number of phenols is 1. The van der Waals surface area contributed by atoms with Gasteiger partial charge in [-0.25, -0.2) is 0 Å². The van der Waals surface area contributed by atoms with E-state index >= 15 is 0 Å². The van der Waals surface area contributed by atoms with Gasteiger partial charge in [-0.3, -0.25) is 4.79 Å². The number of alkyl halides is 3. The molecule has 2 heterocycles. The van der Waals surface area contributed by atoms with Crippen molar-refractivity contribution in [2.75, 3.05) is 20.6 Å². The molecule has 5 atom stereocenters. The Morgan fingerprint density at radius 3 is 2.78 bits per heavy atom. The molecule has 196 valence electrons. The number of carbonyl (C=O) groups excluding carboxylic acids is 1. The Hall–Kier alpha value is -3.04. The Balaban J connectivity index is 1.33. The lowest BCUT2D eigenvalue weighted by Crippen LogP contribution is -2.77. The number of nitrogens with zero attached hydrogens (tertiary/aromatic N) is 2. The number of likely N-dealkylation sites (N-methyl/N-ethyl adjacent to an activating group) is 2. The first-order valence-corrected chi connectivity index (χ1v) is 12.5. The van der Waals surface area contributed by atoms with Gasteiger partial charge in [0.1, 0.15) is 6.10 Å². The van der Waals surface area contributed by atoms with Gasteiger partial charge in [0.2, 0.25) is 5.91 Å². The highest BCUT2D eigenvalue weighted by Gasteiger charge is 2.73. The average Bonchev–Trinajstić information content (AvgIpc) is 3.21. The van der Waals surface area contributed by atoms with Crippen molar-refractivity contribution in [3.63, 3.8) is 0 Å². The van der Waals surface area contributed by atoms with E-state index in [0.29, 0.717) is 31.4 Å². The van der Waals surface area contributed by atoms with E-state index in [9.17, 15) is 28.2 Å². The van der Waals surface area contributed by atoms with Gasteiger partial charge < -0.3 is 24.7 Å². The molecule has 1 saturated carbocycles. The third-order valence-corrected chi connectivity index (χ3v) is 9.18. The zero-order chi connectivity index (χ0) is 26.3. The maximum atomic E-state index is 13.2. The summed E-state index contributed by atoms with van der Waals surface area (Å²) in [6.45, 7) is 0.751. The second-order valence-electron chi connectivity index (χ2n) is 10.8. The van der Waals surface area contributed by atoms with Gasteiger partial charge in [-0.1, -0.05) is 18.2 Å². The fraction of sp³-hybridized carbons (Fsp3) is 0.464. The highest BCUT2D eigenvalue weighted by atomic mass is 19.4. The standard InChI is InChI=1S/C28H29F3N2O4/c1-32-13-12-26-23-17-7-8-20(34)24(23)37-25(26)19(10-11-27(26,36)21(32)15-17)33(2)22(35)9-6-16-4-3-5-18(14-16)28(29,30)31/h3-9,14,19,21,25,34,36H,10-13,15H2,1-2H3/b9-6+/t19?,21-,25?,26+,27-/m1/s1. The predicted molar refractivity (Wildman–Crippen MR) is 130 cm³/mol. The largest absolute Gasteiger partial charge is 0.504 e. The van der Waals surface area contributed by atoms with Gasteiger partial charge in [0.15, 0.2) is 11.5 Å². The summed E-state index contributed by atoms with van der Waals surface area (Å²) in [5, 5.41) is 22.9. The summed E-state index contributed by atoms with van der Waals surface area (Å²) in [7, 11) is 3.68. The van der Waals surface area contributed by atoms with Crippen LogP contribution >= 0.6 is 0 Å². The normalized spacial score (nSPS) is 32.2. The summed E-state index contributed by atoms with van der Waals surface area (Å²) in [5.74, 6) is 0.0594. The maximum Gasteiger partial charge on any atom is 0.416 e. The summed E-state index contributed by atoms with van der Waals surface area (Å²) in [4.78, 5) is 17.0. The number of rotatable bonds is 3. The molecular weight excluding hydrogens is 485 g/mol. The van der Waals surface area contributed by atoms with Crippen molar-refractivity contribution in [1.82, 2.24) is 9.80 Å². The molecule has 2 fully saturated rings. The van der Waals surface area contributed by atoms with Gasteiger partial charge in [-0.2, -0.15) is 13.2 Å². The molecule has 2 aromatic carbocycles. The molecule has 0 aromatic heterocycles. The van der Waals surface area contributed by atoms with E-state index in [1.165, 1.54) is 24.3 Å². The van der Waals surface area contributed by atoms with E-state index in [-0.39, 0.29) is 29.3 Å². The topological polar surface area (TPSA) is 73.2 Å². The zero-order valence-corrected chi connectivity index (χ0v) is 20.6. The van der Waals surface area contributed by atoms with Gasteiger partial charge in [0.05, 0.1) is 22.6 Å². The molecule has 2 unspecified atom stereocenters. The number of aromatic hydroxyl groups is 1. The molecular formula is C28H29F3N2O4. The maximum absolute atomic E-state index is 13.2. The number of likely N-dealkylation sites (tertiary alicyclic amines) is 1. The molecule has 2 bridgehead atoms. The number of halogens is 3. The van der Waals surface area contributed by atoms with E-state index in [1.807, 2.05) is 13.1 Å². The van der Waals surface area contributed by atoms with E-state index in [0.717, 1.165) is 29.8 Å². The molecule has 2 aliphatic carbocycles. The highest BCUT2D eigenvalue weighted by molar-refractivity contribution is 5.92. The van der Waals surface area contributed by atoms with Crippen molar-refractivity contribution in [1.29, 1.82) is 0 Å². The van der Waals surface area contributed by atoms with Crippen LogP contribution in [0, 0.1) is 0 Å². The Morgan fingerprint density at radius 2 is 2.03 bits per heavy atom. The van der Waals surface area contributed by atoms with Crippen molar-refractivity contribution in [2.24, 2.45) is 0 Å². The minimum Gasteiger partial charge on any atom is -0.504 e. The number of amides is 1. The monoisotopic (exact) mass is 514 g/mol. The fourth-order valence-corrected chi connectivity index (χ4v) is 7.39. The van der Waals surface area contributed by atoms with Gasteiger partial charge >= 0.3 is 6.18 Å². The lowest BCUT2D eigenvalue weighted by Gasteiger charge is -2.64. The molecule has 2 aromatic rings. The molecule has 1 saturated heterocycles. The van der Waals surface area contributed by atoms with Crippen molar-refractivity contribution in [3.8, 4) is 11.5 Å². The third-order valence-electron chi connectivity index (χ3n) is 9.18. The molecule has 6 nitrogen and oxygen atoms in total. The van der Waals surface area contributed by atoms with Crippen molar-refractivity contribution >= 4 is 12.0 Å². The summed E-state index contributed by atoms with van der Waals surface area (Å²) in [6.07, 6.45) is -0.110. The SMILES string of the molecule is CN(C(=O)/C=C/c1cccc(C(F)(F)F)c1)C1CC[C@@]2(O)[C@H]3Cc4ccc(O)c5c4[C@@]2(CCN3C)C1O5. The van der Waals surface area contributed by atoms with Crippen LogP contribution in [0.15, 0.2) is 42.5 Å². The highest BCUT2D eigenvalue weighted by Crippen LogP contribution is 2.65. The minimum atomic E-state index is -4.46. The van der Waals surface area contributed by atoms with Crippen molar-refractivity contribution < 1.29 is 32.9 Å². The van der Waals surface area contributed by atoms with E-state index < -0.39 is 28.9 Å². The fourth-order valence-electron chi connectivity index (χ4n) is 7.39. The van der Waals surface area contributed by atoms with E-state index in [4.69, 9.17) is 4.74 Å². The molecule has 9 heteroatoms. The van der Waals surface area contributed by atoms with Crippen LogP contribution in [0.5, 0.6) is 11.5 Å². The third kappa shape index (κ3) is 3.29. The van der Waals surface area contributed by atoms with Crippen molar-refractivity contribution in [3.05, 3.63) is 64.7 Å². The van der Waals surface area contributed by atoms with Gasteiger partial charge in [-0.05, 0) is 74.7 Å². The molecule has 1 spiro atoms. The summed E-state index contributed by atoms with van der Waals surface area (Å²) in [6, 6.07) is 7.87. The number of hydrogen-bond donors (Lipinski definition) is 2. The number of phenolic OH excluding ortho intramolecular Hbond substituents is 1. The van der Waals surface area contributed by atoms with E-state index in [1.54, 1.807) is 18.0 Å². The molecule has 0 radical (unpaired) electrons. The molecule has 1 amide bonds. The lowest BCUT2D eigenvalue weighted by atomic mass is 9.48. The van der Waals surface area contributed by atoms with E-state index in [2.05, 4.69) is 4.90 Å². The first-order chi connectivity index (χ1) is 17.5. The van der Waals surface area contributed by atoms with Crippen LogP contribution in [0.1, 0.15) is 41.5 Å². The van der Waals surface area contributed by atoms with Crippen LogP contribution in [-0.4, -0.2) is 70.3 Å². The number of piperidine rings is 1. The zero-order valence-electron chi connectivity index (χ0n) is 20.6. The Bertz CT molecular complexity index is 1310. The van der Waals surface area contributed by atoms with Gasteiger partial charge in [0.25, 0.3) is 0 Å². The van der Waals surface area contributed by atoms with Crippen LogP contribution in [0.25, 0.3) is 6.08 Å². The smallest absolute Gasteiger partial charge is 0.416 e. The number of hydrogen-bond acceptors (Lipinski definition) is 5. The van der Waals surface area contributed by atoms with Crippen LogP contribution in [0.3, 0.4) is 0 Å². The van der Waals surface area contributed by atoms with Crippen LogP contribution in [0.2, 0.25) is 0 Å². The Labute approximate surface area is 212 Å². The average molecular weight is 515 g/mol. The lowest BCUT2D eigenvalue weighted by molar-refractivity contribution is -0.195. The van der Waals surface area contributed by atoms with Crippen LogP contribution < -0.4 is 4.74 Å². The van der Waals surface area contributed by atoms with Gasteiger partial charge in [0, 0.05) is 24.7 Å². The summed E-state index contributed by atoms with van der Waals surface area (Å²) >= 11 is 0. The molecule has 4 aliphatic rings. The number of benzene rings is 2. The quantitative estimate of drug-likeness (QED) is 0.611. The minimum absolute atomic E-state index is 0.0272. The van der Waals surface area contributed by atoms with Crippen molar-refractivity contribution in [2.45, 2.75) is 61.1 Å². The number of aliphatic hydroxyl groups is 1. The molecule has 2 N–H and O–H groups in total. The van der Waals surface area contributed by atoms with Gasteiger partial charge in [-0.15, -0.1) is 0 Å². The molecule has 2 aliphatic heterocycles. The Morgan fingerprint density at radius 1 is 1.24 bits per heavy atom. The second kappa shape index (κ2) is 7.98. The second-order valence-corrected chi connectivity index (χ2v) is 10.8. The predicted octanol–water partition coefficient (Wildman–Crippen LogP) is 3.74. The first-order valence-electron chi connectivity index (χ1n) is 12.5.